The quantitative estimate of drug-likeness (QED) is 0.625. The van der Waals surface area contributed by atoms with Crippen LogP contribution in [0.3, 0.4) is 0 Å². The van der Waals surface area contributed by atoms with Crippen LogP contribution in [0.2, 0.25) is 0 Å². The van der Waals surface area contributed by atoms with Crippen LogP contribution in [0.5, 0.6) is 0 Å². The van der Waals surface area contributed by atoms with E-state index in [1.165, 1.54) is 18.0 Å². The molecule has 0 aromatic carbocycles. The van der Waals surface area contributed by atoms with Crippen LogP contribution >= 0.6 is 11.8 Å². The van der Waals surface area contributed by atoms with Gasteiger partial charge in [-0.05, 0) is 25.3 Å². The Morgan fingerprint density at radius 2 is 2.33 bits per heavy atom. The monoisotopic (exact) mass is 263 g/mol. The zero-order valence-electron chi connectivity index (χ0n) is 10.2. The van der Waals surface area contributed by atoms with E-state index in [0.717, 1.165) is 10.7 Å². The first-order valence-electron chi connectivity index (χ1n) is 5.47. The molecule has 2 heterocycles. The molecule has 5 nitrogen and oxygen atoms in total. The SMILES string of the molecule is CCOC(=O)c1cnn(-c2cccnc2)c1SC. The van der Waals surface area contributed by atoms with Gasteiger partial charge < -0.3 is 4.74 Å². The summed E-state index contributed by atoms with van der Waals surface area (Å²) in [4.78, 5) is 15.8. The van der Waals surface area contributed by atoms with Crippen LogP contribution in [0, 0.1) is 0 Å². The first kappa shape index (κ1) is 12.6. The van der Waals surface area contributed by atoms with Gasteiger partial charge in [0, 0.05) is 6.20 Å². The van der Waals surface area contributed by atoms with E-state index in [1.807, 2.05) is 18.4 Å². The molecule has 0 saturated carbocycles. The normalized spacial score (nSPS) is 10.3. The predicted octanol–water partition coefficient (Wildman–Crippen LogP) is 2.17. The minimum atomic E-state index is -0.350. The van der Waals surface area contributed by atoms with Gasteiger partial charge in [-0.1, -0.05) is 0 Å². The van der Waals surface area contributed by atoms with Crippen molar-refractivity contribution < 1.29 is 9.53 Å². The number of rotatable bonds is 4. The summed E-state index contributed by atoms with van der Waals surface area (Å²) in [6.07, 6.45) is 6.81. The Morgan fingerprint density at radius 3 is 2.94 bits per heavy atom. The van der Waals surface area contributed by atoms with E-state index >= 15 is 0 Å². The Morgan fingerprint density at radius 1 is 1.50 bits per heavy atom. The molecular formula is C12H13N3O2S. The minimum Gasteiger partial charge on any atom is -0.462 e. The Labute approximate surface area is 109 Å². The molecule has 0 fully saturated rings. The molecule has 2 aromatic rings. The molecule has 0 aliphatic heterocycles. The van der Waals surface area contributed by atoms with Crippen molar-refractivity contribution in [3.63, 3.8) is 0 Å². The van der Waals surface area contributed by atoms with Gasteiger partial charge in [0.1, 0.15) is 10.6 Å². The van der Waals surface area contributed by atoms with Crippen LogP contribution in [-0.4, -0.2) is 33.6 Å². The van der Waals surface area contributed by atoms with Crippen LogP contribution in [0.25, 0.3) is 5.69 Å². The summed E-state index contributed by atoms with van der Waals surface area (Å²) < 4.78 is 6.68. The third-order valence-electron chi connectivity index (χ3n) is 2.30. The third-order valence-corrected chi connectivity index (χ3v) is 3.08. The molecule has 0 saturated heterocycles. The smallest absolute Gasteiger partial charge is 0.342 e. The van der Waals surface area contributed by atoms with Crippen molar-refractivity contribution in [1.29, 1.82) is 0 Å². The lowest BCUT2D eigenvalue weighted by Crippen LogP contribution is -2.06. The second-order valence-corrected chi connectivity index (χ2v) is 4.21. The van der Waals surface area contributed by atoms with Crippen LogP contribution in [-0.2, 0) is 4.74 Å². The van der Waals surface area contributed by atoms with E-state index < -0.39 is 0 Å². The van der Waals surface area contributed by atoms with Gasteiger partial charge in [-0.15, -0.1) is 11.8 Å². The number of esters is 1. The van der Waals surface area contributed by atoms with Crippen molar-refractivity contribution in [2.75, 3.05) is 12.9 Å². The molecule has 18 heavy (non-hydrogen) atoms. The molecule has 0 radical (unpaired) electrons. The average Bonchev–Trinajstić information content (AvgIpc) is 2.83. The Hall–Kier alpha value is -1.82. The highest BCUT2D eigenvalue weighted by atomic mass is 32.2. The van der Waals surface area contributed by atoms with Crippen LogP contribution in [0.1, 0.15) is 17.3 Å². The van der Waals surface area contributed by atoms with Crippen molar-refractivity contribution >= 4 is 17.7 Å². The van der Waals surface area contributed by atoms with E-state index in [-0.39, 0.29) is 5.97 Å². The fourth-order valence-corrected chi connectivity index (χ4v) is 2.23. The number of thioether (sulfide) groups is 1. The molecule has 0 amide bonds. The highest BCUT2D eigenvalue weighted by Crippen LogP contribution is 2.24. The summed E-state index contributed by atoms with van der Waals surface area (Å²) in [5.41, 5.74) is 1.30. The van der Waals surface area contributed by atoms with Gasteiger partial charge in [0.25, 0.3) is 0 Å². The van der Waals surface area contributed by atoms with Crippen molar-refractivity contribution in [3.8, 4) is 5.69 Å². The van der Waals surface area contributed by atoms with Gasteiger partial charge in [-0.3, -0.25) is 4.98 Å². The van der Waals surface area contributed by atoms with Gasteiger partial charge >= 0.3 is 5.97 Å². The van der Waals surface area contributed by atoms with Crippen molar-refractivity contribution in [2.45, 2.75) is 11.9 Å². The van der Waals surface area contributed by atoms with Crippen LogP contribution < -0.4 is 0 Å². The van der Waals surface area contributed by atoms with E-state index in [1.54, 1.807) is 24.0 Å². The van der Waals surface area contributed by atoms with Gasteiger partial charge in [0.2, 0.25) is 0 Å². The number of nitrogens with zero attached hydrogens (tertiary/aromatic N) is 3. The first-order chi connectivity index (χ1) is 8.77. The van der Waals surface area contributed by atoms with Crippen molar-refractivity contribution in [2.24, 2.45) is 0 Å². The number of hydrogen-bond donors (Lipinski definition) is 0. The average molecular weight is 263 g/mol. The zero-order valence-corrected chi connectivity index (χ0v) is 11.0. The molecule has 2 rings (SSSR count). The third kappa shape index (κ3) is 2.38. The van der Waals surface area contributed by atoms with Crippen molar-refractivity contribution in [3.05, 3.63) is 36.3 Å². The molecule has 0 spiro atoms. The lowest BCUT2D eigenvalue weighted by Gasteiger charge is -2.06. The predicted molar refractivity (Wildman–Crippen MR) is 69.1 cm³/mol. The van der Waals surface area contributed by atoms with Crippen LogP contribution in [0.4, 0.5) is 0 Å². The molecule has 0 aliphatic carbocycles. The summed E-state index contributed by atoms with van der Waals surface area (Å²) >= 11 is 1.45. The fourth-order valence-electron chi connectivity index (χ4n) is 1.55. The van der Waals surface area contributed by atoms with E-state index in [2.05, 4.69) is 10.1 Å². The Bertz CT molecular complexity index is 540. The molecular weight excluding hydrogens is 250 g/mol. The Kier molecular flexibility index (Phi) is 3.99. The molecule has 94 valence electrons. The zero-order chi connectivity index (χ0) is 13.0. The maximum atomic E-state index is 11.8. The second kappa shape index (κ2) is 5.68. The number of ether oxygens (including phenoxy) is 1. The summed E-state index contributed by atoms with van der Waals surface area (Å²) in [6.45, 7) is 2.13. The molecule has 0 atom stereocenters. The lowest BCUT2D eigenvalue weighted by atomic mass is 10.3. The summed E-state index contributed by atoms with van der Waals surface area (Å²) in [5.74, 6) is -0.350. The largest absolute Gasteiger partial charge is 0.462 e. The second-order valence-electron chi connectivity index (χ2n) is 3.41. The van der Waals surface area contributed by atoms with Gasteiger partial charge in [0.15, 0.2) is 0 Å². The van der Waals surface area contributed by atoms with Crippen molar-refractivity contribution in [1.82, 2.24) is 14.8 Å². The van der Waals surface area contributed by atoms with E-state index in [0.29, 0.717) is 12.2 Å². The highest BCUT2D eigenvalue weighted by molar-refractivity contribution is 7.98. The fraction of sp³-hybridized carbons (Fsp3) is 0.250. The Balaban J connectivity index is 2.42. The van der Waals surface area contributed by atoms with E-state index in [9.17, 15) is 4.79 Å². The number of carbonyl (C=O) groups is 1. The summed E-state index contributed by atoms with van der Waals surface area (Å²) in [5, 5.41) is 4.97. The highest BCUT2D eigenvalue weighted by Gasteiger charge is 2.18. The standard InChI is InChI=1S/C12H13N3O2S/c1-3-17-12(16)10-8-14-15(11(10)18-2)9-5-4-6-13-7-9/h4-8H,3H2,1-2H3. The number of aromatic nitrogens is 3. The molecule has 2 aromatic heterocycles. The molecule has 0 unspecified atom stereocenters. The summed E-state index contributed by atoms with van der Waals surface area (Å²) in [6, 6.07) is 3.71. The molecule has 0 aliphatic rings. The maximum absolute atomic E-state index is 11.8. The van der Waals surface area contributed by atoms with Crippen LogP contribution in [0.15, 0.2) is 35.7 Å². The summed E-state index contributed by atoms with van der Waals surface area (Å²) in [7, 11) is 0. The molecule has 0 N–H and O–H groups in total. The topological polar surface area (TPSA) is 57.0 Å². The molecule has 0 bridgehead atoms. The maximum Gasteiger partial charge on any atom is 0.342 e. The van der Waals surface area contributed by atoms with Gasteiger partial charge in [0.05, 0.1) is 24.7 Å². The number of carbonyl (C=O) groups excluding carboxylic acids is 1. The number of hydrogen-bond acceptors (Lipinski definition) is 5. The molecule has 6 heteroatoms. The van der Waals surface area contributed by atoms with Gasteiger partial charge in [-0.2, -0.15) is 5.10 Å². The number of pyridine rings is 1. The van der Waals surface area contributed by atoms with Gasteiger partial charge in [-0.25, -0.2) is 9.48 Å². The first-order valence-corrected chi connectivity index (χ1v) is 6.70. The lowest BCUT2D eigenvalue weighted by molar-refractivity contribution is 0.0522. The van der Waals surface area contributed by atoms with E-state index in [4.69, 9.17) is 4.74 Å². The minimum absolute atomic E-state index is 0.350.